The van der Waals surface area contributed by atoms with Gasteiger partial charge in [-0.05, 0) is 38.1 Å². The molecule has 0 radical (unpaired) electrons. The zero-order chi connectivity index (χ0) is 13.7. The highest BCUT2D eigenvalue weighted by Gasteiger charge is 2.12. The third-order valence-electron chi connectivity index (χ3n) is 3.14. The fraction of sp³-hybridized carbons (Fsp3) is 0.250. The number of benzene rings is 1. The zero-order valence-corrected chi connectivity index (χ0v) is 11.3. The molecule has 19 heavy (non-hydrogen) atoms. The Morgan fingerprint density at radius 2 is 1.74 bits per heavy atom. The van der Waals surface area contributed by atoms with Crippen LogP contribution in [0, 0.1) is 0 Å². The summed E-state index contributed by atoms with van der Waals surface area (Å²) in [6.07, 6.45) is 1.77. The molecule has 2 rings (SSSR count). The van der Waals surface area contributed by atoms with Gasteiger partial charge in [0.2, 0.25) is 0 Å². The number of nitrogens with zero attached hydrogens (tertiary/aromatic N) is 2. The molecule has 0 saturated heterocycles. The Hall–Kier alpha value is -2.16. The second-order valence-electron chi connectivity index (χ2n) is 4.27. The maximum absolute atomic E-state index is 12.2. The van der Waals surface area contributed by atoms with E-state index in [1.54, 1.807) is 6.20 Å². The lowest BCUT2D eigenvalue weighted by molar-refractivity contribution is 0.0773. The molecule has 0 saturated carbocycles. The van der Waals surface area contributed by atoms with Crippen molar-refractivity contribution in [3.63, 3.8) is 0 Å². The highest BCUT2D eigenvalue weighted by atomic mass is 16.2. The number of aromatic nitrogens is 1. The molecule has 0 aliphatic carbocycles. The molecule has 1 amide bonds. The van der Waals surface area contributed by atoms with Gasteiger partial charge in [0.25, 0.3) is 5.91 Å². The average molecular weight is 254 g/mol. The first-order valence-electron chi connectivity index (χ1n) is 6.57. The standard InChI is InChI=1S/C16H18N2O/c1-3-18(4-2)16(19)14-10-8-13(9-11-14)15-7-5-6-12-17-15/h5-12H,3-4H2,1-2H3. The Morgan fingerprint density at radius 1 is 1.05 bits per heavy atom. The minimum atomic E-state index is 0.0811. The maximum Gasteiger partial charge on any atom is 0.253 e. The van der Waals surface area contributed by atoms with Gasteiger partial charge in [0, 0.05) is 30.4 Å². The zero-order valence-electron chi connectivity index (χ0n) is 11.3. The van der Waals surface area contributed by atoms with Gasteiger partial charge in [-0.25, -0.2) is 0 Å². The molecule has 1 aromatic heterocycles. The molecular formula is C16H18N2O. The second kappa shape index (κ2) is 6.14. The molecular weight excluding hydrogens is 236 g/mol. The summed E-state index contributed by atoms with van der Waals surface area (Å²) in [4.78, 5) is 18.3. The van der Waals surface area contributed by atoms with E-state index in [9.17, 15) is 4.79 Å². The lowest BCUT2D eigenvalue weighted by atomic mass is 10.1. The minimum absolute atomic E-state index is 0.0811. The molecule has 1 heterocycles. The predicted octanol–water partition coefficient (Wildman–Crippen LogP) is 3.23. The molecule has 0 fully saturated rings. The average Bonchev–Trinajstić information content (AvgIpc) is 2.49. The number of carbonyl (C=O) groups excluding carboxylic acids is 1. The van der Waals surface area contributed by atoms with E-state index in [0.717, 1.165) is 29.9 Å². The minimum Gasteiger partial charge on any atom is -0.339 e. The Bertz CT molecular complexity index is 530. The van der Waals surface area contributed by atoms with Gasteiger partial charge in [0.05, 0.1) is 5.69 Å². The predicted molar refractivity (Wildman–Crippen MR) is 76.9 cm³/mol. The largest absolute Gasteiger partial charge is 0.339 e. The summed E-state index contributed by atoms with van der Waals surface area (Å²) in [5, 5.41) is 0. The van der Waals surface area contributed by atoms with Gasteiger partial charge in [-0.3, -0.25) is 9.78 Å². The van der Waals surface area contributed by atoms with Gasteiger partial charge in [0.15, 0.2) is 0 Å². The smallest absolute Gasteiger partial charge is 0.253 e. The van der Waals surface area contributed by atoms with E-state index in [1.165, 1.54) is 0 Å². The van der Waals surface area contributed by atoms with Crippen LogP contribution in [0.15, 0.2) is 48.7 Å². The topological polar surface area (TPSA) is 33.2 Å². The van der Waals surface area contributed by atoms with Crippen molar-refractivity contribution in [1.82, 2.24) is 9.88 Å². The highest BCUT2D eigenvalue weighted by Crippen LogP contribution is 2.17. The van der Waals surface area contributed by atoms with Crippen LogP contribution in [0.25, 0.3) is 11.3 Å². The van der Waals surface area contributed by atoms with Crippen molar-refractivity contribution in [3.05, 3.63) is 54.2 Å². The summed E-state index contributed by atoms with van der Waals surface area (Å²) in [5.74, 6) is 0.0811. The summed E-state index contributed by atoms with van der Waals surface area (Å²) in [7, 11) is 0. The summed E-state index contributed by atoms with van der Waals surface area (Å²) in [6.45, 7) is 5.45. The molecule has 0 spiro atoms. The quantitative estimate of drug-likeness (QED) is 0.839. The number of carbonyl (C=O) groups is 1. The van der Waals surface area contributed by atoms with Crippen LogP contribution in [0.4, 0.5) is 0 Å². The van der Waals surface area contributed by atoms with Gasteiger partial charge in [0.1, 0.15) is 0 Å². The number of rotatable bonds is 4. The van der Waals surface area contributed by atoms with Gasteiger partial charge in [-0.1, -0.05) is 18.2 Å². The molecule has 0 unspecified atom stereocenters. The van der Waals surface area contributed by atoms with Crippen LogP contribution in [-0.4, -0.2) is 28.9 Å². The summed E-state index contributed by atoms with van der Waals surface area (Å²) in [6, 6.07) is 13.4. The van der Waals surface area contributed by atoms with Crippen molar-refractivity contribution in [3.8, 4) is 11.3 Å². The molecule has 0 atom stereocenters. The third kappa shape index (κ3) is 2.99. The van der Waals surface area contributed by atoms with Crippen LogP contribution in [0.5, 0.6) is 0 Å². The highest BCUT2D eigenvalue weighted by molar-refractivity contribution is 5.94. The van der Waals surface area contributed by atoms with Gasteiger partial charge < -0.3 is 4.90 Å². The SMILES string of the molecule is CCN(CC)C(=O)c1ccc(-c2ccccn2)cc1. The fourth-order valence-electron chi connectivity index (χ4n) is 2.01. The van der Waals surface area contributed by atoms with Crippen LogP contribution in [0.1, 0.15) is 24.2 Å². The number of hydrogen-bond acceptors (Lipinski definition) is 2. The van der Waals surface area contributed by atoms with E-state index in [0.29, 0.717) is 0 Å². The van der Waals surface area contributed by atoms with E-state index in [2.05, 4.69) is 4.98 Å². The van der Waals surface area contributed by atoms with Crippen molar-refractivity contribution in [2.45, 2.75) is 13.8 Å². The first-order valence-corrected chi connectivity index (χ1v) is 6.57. The lowest BCUT2D eigenvalue weighted by Gasteiger charge is -2.18. The first-order chi connectivity index (χ1) is 9.26. The van der Waals surface area contributed by atoms with Crippen molar-refractivity contribution >= 4 is 5.91 Å². The lowest BCUT2D eigenvalue weighted by Crippen LogP contribution is -2.30. The molecule has 0 N–H and O–H groups in total. The van der Waals surface area contributed by atoms with Gasteiger partial charge in [-0.2, -0.15) is 0 Å². The first kappa shape index (κ1) is 13.3. The normalized spacial score (nSPS) is 10.2. The van der Waals surface area contributed by atoms with Crippen LogP contribution in [-0.2, 0) is 0 Å². The molecule has 98 valence electrons. The maximum atomic E-state index is 12.2. The number of amides is 1. The molecule has 2 aromatic rings. The van der Waals surface area contributed by atoms with E-state index < -0.39 is 0 Å². The van der Waals surface area contributed by atoms with Crippen molar-refractivity contribution in [2.75, 3.05) is 13.1 Å². The molecule has 3 nitrogen and oxygen atoms in total. The molecule has 0 bridgehead atoms. The molecule has 1 aromatic carbocycles. The Balaban J connectivity index is 2.22. The summed E-state index contributed by atoms with van der Waals surface area (Å²) >= 11 is 0. The van der Waals surface area contributed by atoms with Crippen LogP contribution in [0.2, 0.25) is 0 Å². The Kier molecular flexibility index (Phi) is 4.29. The Labute approximate surface area is 113 Å². The van der Waals surface area contributed by atoms with Crippen LogP contribution < -0.4 is 0 Å². The van der Waals surface area contributed by atoms with Crippen LogP contribution >= 0.6 is 0 Å². The number of pyridine rings is 1. The van der Waals surface area contributed by atoms with Gasteiger partial charge in [-0.15, -0.1) is 0 Å². The Morgan fingerprint density at radius 3 is 2.26 bits per heavy atom. The molecule has 3 heteroatoms. The van der Waals surface area contributed by atoms with Crippen molar-refractivity contribution in [1.29, 1.82) is 0 Å². The summed E-state index contributed by atoms with van der Waals surface area (Å²) in [5.41, 5.74) is 2.67. The molecule has 0 aliphatic heterocycles. The van der Waals surface area contributed by atoms with Crippen molar-refractivity contribution in [2.24, 2.45) is 0 Å². The van der Waals surface area contributed by atoms with Gasteiger partial charge >= 0.3 is 0 Å². The number of hydrogen-bond donors (Lipinski definition) is 0. The fourth-order valence-corrected chi connectivity index (χ4v) is 2.01. The van der Waals surface area contributed by atoms with E-state index >= 15 is 0 Å². The molecule has 0 aliphatic rings. The summed E-state index contributed by atoms with van der Waals surface area (Å²) < 4.78 is 0. The monoisotopic (exact) mass is 254 g/mol. The van der Waals surface area contributed by atoms with E-state index in [-0.39, 0.29) is 5.91 Å². The van der Waals surface area contributed by atoms with Crippen LogP contribution in [0.3, 0.4) is 0 Å². The third-order valence-corrected chi connectivity index (χ3v) is 3.14. The van der Waals surface area contributed by atoms with Crippen molar-refractivity contribution < 1.29 is 4.79 Å². The van der Waals surface area contributed by atoms with E-state index in [4.69, 9.17) is 0 Å². The second-order valence-corrected chi connectivity index (χ2v) is 4.27. The van der Waals surface area contributed by atoms with E-state index in [1.807, 2.05) is 61.2 Å².